The first kappa shape index (κ1) is 15.7. The molecule has 0 fully saturated rings. The van der Waals surface area contributed by atoms with E-state index in [1.54, 1.807) is 12.4 Å². The molecule has 0 aliphatic carbocycles. The molecule has 0 unspecified atom stereocenters. The third kappa shape index (κ3) is 3.52. The van der Waals surface area contributed by atoms with Gasteiger partial charge in [-0.25, -0.2) is 0 Å². The number of pyridine rings is 1. The Balaban J connectivity index is 1.50. The minimum atomic E-state index is 0.0193. The van der Waals surface area contributed by atoms with Gasteiger partial charge in [0.1, 0.15) is 12.4 Å². The van der Waals surface area contributed by atoms with Crippen molar-refractivity contribution < 1.29 is 14.3 Å². The van der Waals surface area contributed by atoms with Gasteiger partial charge in [-0.1, -0.05) is 6.07 Å². The van der Waals surface area contributed by atoms with Gasteiger partial charge in [0.15, 0.2) is 0 Å². The van der Waals surface area contributed by atoms with Crippen LogP contribution in [0.25, 0.3) is 11.5 Å². The zero-order valence-corrected chi connectivity index (χ0v) is 13.6. The van der Waals surface area contributed by atoms with Gasteiger partial charge in [-0.2, -0.15) is 0 Å². The summed E-state index contributed by atoms with van der Waals surface area (Å²) in [6.07, 6.45) is 3.40. The summed E-state index contributed by atoms with van der Waals surface area (Å²) in [4.78, 5) is 6.25. The summed E-state index contributed by atoms with van der Waals surface area (Å²) < 4.78 is 11.6. The normalized spacial score (nSPS) is 14.6. The Morgan fingerprint density at radius 3 is 3.00 bits per heavy atom. The van der Waals surface area contributed by atoms with Crippen LogP contribution >= 0.6 is 0 Å². The monoisotopic (exact) mass is 338 g/mol. The molecule has 0 amide bonds. The highest BCUT2D eigenvalue weighted by molar-refractivity contribution is 5.49. The van der Waals surface area contributed by atoms with Crippen LogP contribution in [0.3, 0.4) is 0 Å². The fraction of sp³-hybridized carbons (Fsp3) is 0.278. The van der Waals surface area contributed by atoms with E-state index in [0.29, 0.717) is 31.5 Å². The molecule has 1 aliphatic heterocycles. The number of benzene rings is 1. The van der Waals surface area contributed by atoms with Crippen LogP contribution in [0.1, 0.15) is 17.0 Å². The van der Waals surface area contributed by atoms with Crippen molar-refractivity contribution in [3.8, 4) is 17.2 Å². The van der Waals surface area contributed by atoms with Gasteiger partial charge in [-0.05, 0) is 29.8 Å². The van der Waals surface area contributed by atoms with Crippen molar-refractivity contribution in [2.45, 2.75) is 19.7 Å². The predicted molar refractivity (Wildman–Crippen MR) is 89.5 cm³/mol. The van der Waals surface area contributed by atoms with Crippen LogP contribution in [0.5, 0.6) is 5.75 Å². The smallest absolute Gasteiger partial charge is 0.249 e. The summed E-state index contributed by atoms with van der Waals surface area (Å²) in [5.41, 5.74) is 2.73. The van der Waals surface area contributed by atoms with E-state index >= 15 is 0 Å². The molecule has 3 heterocycles. The van der Waals surface area contributed by atoms with Crippen molar-refractivity contribution >= 4 is 0 Å². The molecule has 25 heavy (non-hydrogen) atoms. The van der Waals surface area contributed by atoms with Crippen LogP contribution in [0, 0.1) is 0 Å². The van der Waals surface area contributed by atoms with Gasteiger partial charge in [0.2, 0.25) is 11.8 Å². The van der Waals surface area contributed by atoms with E-state index < -0.39 is 0 Å². The highest BCUT2D eigenvalue weighted by atomic mass is 16.5. The van der Waals surface area contributed by atoms with Crippen molar-refractivity contribution in [1.29, 1.82) is 0 Å². The zero-order chi connectivity index (χ0) is 17.1. The number of hydrogen-bond acceptors (Lipinski definition) is 7. The lowest BCUT2D eigenvalue weighted by Gasteiger charge is -2.17. The van der Waals surface area contributed by atoms with Crippen molar-refractivity contribution in [2.75, 3.05) is 13.2 Å². The van der Waals surface area contributed by atoms with Crippen LogP contribution < -0.4 is 4.74 Å². The molecular weight excluding hydrogens is 320 g/mol. The van der Waals surface area contributed by atoms with E-state index in [-0.39, 0.29) is 6.61 Å². The lowest BCUT2D eigenvalue weighted by Crippen LogP contribution is -2.25. The van der Waals surface area contributed by atoms with Crippen LogP contribution in [-0.4, -0.2) is 38.3 Å². The van der Waals surface area contributed by atoms with Gasteiger partial charge < -0.3 is 14.3 Å². The van der Waals surface area contributed by atoms with Gasteiger partial charge in [-0.3, -0.25) is 9.88 Å². The van der Waals surface area contributed by atoms with E-state index in [4.69, 9.17) is 9.15 Å². The highest BCUT2D eigenvalue weighted by Crippen LogP contribution is 2.25. The van der Waals surface area contributed by atoms with Crippen LogP contribution in [0.2, 0.25) is 0 Å². The number of aliphatic hydroxyl groups excluding tert-OH is 1. The molecule has 4 rings (SSSR count). The topological polar surface area (TPSA) is 84.5 Å². The maximum atomic E-state index is 9.33. The minimum absolute atomic E-state index is 0.0193. The predicted octanol–water partition coefficient (Wildman–Crippen LogP) is 2.02. The molecule has 0 saturated heterocycles. The standard InChI is InChI=1S/C18H18N4O3/c23-12-13-3-4-16-15(8-13)10-22(6-7-24-16)11-17-20-21-18(25-17)14-2-1-5-19-9-14/h1-5,8-9,23H,6-7,10-12H2. The molecular formula is C18H18N4O3. The number of aromatic nitrogens is 3. The Kier molecular flexibility index (Phi) is 4.41. The number of hydrogen-bond donors (Lipinski definition) is 1. The minimum Gasteiger partial charge on any atom is -0.492 e. The molecule has 7 nitrogen and oxygen atoms in total. The lowest BCUT2D eigenvalue weighted by atomic mass is 10.1. The SMILES string of the molecule is OCc1ccc2c(c1)CN(Cc1nnc(-c3cccnc3)o1)CCO2. The first-order chi connectivity index (χ1) is 12.3. The molecule has 128 valence electrons. The molecule has 7 heteroatoms. The summed E-state index contributed by atoms with van der Waals surface area (Å²) in [6, 6.07) is 9.49. The molecule has 3 aromatic rings. The number of fused-ring (bicyclic) bond motifs is 1. The van der Waals surface area contributed by atoms with E-state index in [2.05, 4.69) is 20.1 Å². The molecule has 0 saturated carbocycles. The third-order valence-corrected chi connectivity index (χ3v) is 4.10. The van der Waals surface area contributed by atoms with E-state index in [1.165, 1.54) is 0 Å². The first-order valence-electron chi connectivity index (χ1n) is 8.12. The van der Waals surface area contributed by atoms with Gasteiger partial charge in [0.05, 0.1) is 18.7 Å². The molecule has 0 spiro atoms. The fourth-order valence-corrected chi connectivity index (χ4v) is 2.85. The Bertz CT molecular complexity index is 851. The molecule has 0 atom stereocenters. The van der Waals surface area contributed by atoms with Crippen molar-refractivity contribution in [2.24, 2.45) is 0 Å². The Labute approximate surface area is 144 Å². The van der Waals surface area contributed by atoms with Crippen molar-refractivity contribution in [3.63, 3.8) is 0 Å². The van der Waals surface area contributed by atoms with Crippen LogP contribution in [0.15, 0.2) is 47.1 Å². The molecule has 1 N–H and O–H groups in total. The maximum absolute atomic E-state index is 9.33. The van der Waals surface area contributed by atoms with Gasteiger partial charge >= 0.3 is 0 Å². The van der Waals surface area contributed by atoms with Gasteiger partial charge in [0.25, 0.3) is 0 Å². The summed E-state index contributed by atoms with van der Waals surface area (Å²) >= 11 is 0. The molecule has 1 aromatic carbocycles. The second-order valence-electron chi connectivity index (χ2n) is 5.90. The largest absolute Gasteiger partial charge is 0.492 e. The summed E-state index contributed by atoms with van der Waals surface area (Å²) in [5, 5.41) is 17.6. The average Bonchev–Trinajstić information content (AvgIpc) is 3.02. The molecule has 2 aromatic heterocycles. The average molecular weight is 338 g/mol. The Morgan fingerprint density at radius 1 is 1.20 bits per heavy atom. The third-order valence-electron chi connectivity index (χ3n) is 4.10. The highest BCUT2D eigenvalue weighted by Gasteiger charge is 2.18. The molecule has 1 aliphatic rings. The maximum Gasteiger partial charge on any atom is 0.249 e. The number of rotatable bonds is 4. The number of aliphatic hydroxyl groups is 1. The summed E-state index contributed by atoms with van der Waals surface area (Å²) in [7, 11) is 0. The quantitative estimate of drug-likeness (QED) is 0.779. The fourth-order valence-electron chi connectivity index (χ4n) is 2.85. The second kappa shape index (κ2) is 7.00. The van der Waals surface area contributed by atoms with E-state index in [0.717, 1.165) is 29.0 Å². The van der Waals surface area contributed by atoms with E-state index in [9.17, 15) is 5.11 Å². The zero-order valence-electron chi connectivity index (χ0n) is 13.6. The van der Waals surface area contributed by atoms with Crippen molar-refractivity contribution in [1.82, 2.24) is 20.1 Å². The Morgan fingerprint density at radius 2 is 2.16 bits per heavy atom. The summed E-state index contributed by atoms with van der Waals surface area (Å²) in [5.74, 6) is 1.89. The first-order valence-corrected chi connectivity index (χ1v) is 8.12. The second-order valence-corrected chi connectivity index (χ2v) is 5.90. The van der Waals surface area contributed by atoms with Gasteiger partial charge in [0, 0.05) is 31.0 Å². The lowest BCUT2D eigenvalue weighted by molar-refractivity contribution is 0.204. The summed E-state index contributed by atoms with van der Waals surface area (Å²) in [6.45, 7) is 2.61. The van der Waals surface area contributed by atoms with E-state index in [1.807, 2.05) is 30.3 Å². The van der Waals surface area contributed by atoms with Gasteiger partial charge in [-0.15, -0.1) is 10.2 Å². The number of ether oxygens (including phenoxy) is 1. The van der Waals surface area contributed by atoms with Crippen LogP contribution in [0.4, 0.5) is 0 Å². The Hall–Kier alpha value is -2.77. The molecule has 0 radical (unpaired) electrons. The molecule has 0 bridgehead atoms. The number of nitrogens with zero attached hydrogens (tertiary/aromatic N) is 4. The van der Waals surface area contributed by atoms with Crippen molar-refractivity contribution in [3.05, 3.63) is 59.7 Å². The van der Waals surface area contributed by atoms with Crippen LogP contribution in [-0.2, 0) is 19.7 Å².